The SMILES string of the molecule is CNCCN(CC(=O)Nc1cccc(Cl)n1)C(=O)Cn1nc(C(N)=O)c2ccccc21. The van der Waals surface area contributed by atoms with Crippen LogP contribution in [0.4, 0.5) is 5.82 Å². The predicted octanol–water partition coefficient (Wildman–Crippen LogP) is 0.870. The fraction of sp³-hybridized carbons (Fsp3) is 0.250. The Bertz CT molecular complexity index is 1120. The van der Waals surface area contributed by atoms with E-state index in [0.29, 0.717) is 29.8 Å². The van der Waals surface area contributed by atoms with Crippen molar-refractivity contribution in [2.75, 3.05) is 32.0 Å². The first-order valence-electron chi connectivity index (χ1n) is 9.49. The molecule has 0 aliphatic heterocycles. The van der Waals surface area contributed by atoms with Crippen LogP contribution in [0, 0.1) is 0 Å². The van der Waals surface area contributed by atoms with E-state index >= 15 is 0 Å². The van der Waals surface area contributed by atoms with Crippen LogP contribution in [-0.2, 0) is 16.1 Å². The summed E-state index contributed by atoms with van der Waals surface area (Å²) in [5.41, 5.74) is 6.11. The zero-order valence-electron chi connectivity index (χ0n) is 16.8. The molecular weight excluding hydrogens is 422 g/mol. The third-order valence-electron chi connectivity index (χ3n) is 4.48. The summed E-state index contributed by atoms with van der Waals surface area (Å²) in [5, 5.41) is 10.6. The molecule has 0 aliphatic rings. The summed E-state index contributed by atoms with van der Waals surface area (Å²) < 4.78 is 1.42. The fourth-order valence-electron chi connectivity index (χ4n) is 3.03. The number of halogens is 1. The average molecular weight is 444 g/mol. The number of hydrogen-bond acceptors (Lipinski definition) is 6. The van der Waals surface area contributed by atoms with Gasteiger partial charge in [0, 0.05) is 18.5 Å². The number of likely N-dealkylation sites (N-methyl/N-ethyl adjacent to an activating group) is 1. The zero-order chi connectivity index (χ0) is 22.4. The van der Waals surface area contributed by atoms with Crippen LogP contribution in [0.3, 0.4) is 0 Å². The topological polar surface area (TPSA) is 135 Å². The van der Waals surface area contributed by atoms with Crippen molar-refractivity contribution in [3.05, 3.63) is 53.3 Å². The number of hydrogen-bond donors (Lipinski definition) is 3. The molecule has 0 radical (unpaired) electrons. The number of anilines is 1. The number of nitrogens with zero attached hydrogens (tertiary/aromatic N) is 4. The smallest absolute Gasteiger partial charge is 0.269 e. The highest BCUT2D eigenvalue weighted by atomic mass is 35.5. The van der Waals surface area contributed by atoms with Gasteiger partial charge in [0.15, 0.2) is 5.69 Å². The van der Waals surface area contributed by atoms with Gasteiger partial charge in [0.1, 0.15) is 24.1 Å². The molecule has 11 heteroatoms. The quantitative estimate of drug-likeness (QED) is 0.420. The minimum Gasteiger partial charge on any atom is -0.364 e. The monoisotopic (exact) mass is 443 g/mol. The lowest BCUT2D eigenvalue weighted by Crippen LogP contribution is -2.43. The molecule has 162 valence electrons. The molecule has 1 aromatic carbocycles. The number of carbonyl (C=O) groups is 3. The van der Waals surface area contributed by atoms with E-state index in [4.69, 9.17) is 17.3 Å². The van der Waals surface area contributed by atoms with Gasteiger partial charge in [-0.05, 0) is 25.2 Å². The Hall–Kier alpha value is -3.50. The predicted molar refractivity (Wildman–Crippen MR) is 117 cm³/mol. The van der Waals surface area contributed by atoms with Gasteiger partial charge in [-0.2, -0.15) is 5.10 Å². The second-order valence-electron chi connectivity index (χ2n) is 6.70. The molecular formula is C20H22ClN7O3. The molecule has 0 spiro atoms. The molecule has 0 bridgehead atoms. The summed E-state index contributed by atoms with van der Waals surface area (Å²) in [4.78, 5) is 42.6. The summed E-state index contributed by atoms with van der Waals surface area (Å²) >= 11 is 5.84. The van der Waals surface area contributed by atoms with Gasteiger partial charge in [-0.1, -0.05) is 35.9 Å². The lowest BCUT2D eigenvalue weighted by Gasteiger charge is -2.22. The van der Waals surface area contributed by atoms with Gasteiger partial charge in [0.25, 0.3) is 5.91 Å². The van der Waals surface area contributed by atoms with Crippen molar-refractivity contribution in [1.29, 1.82) is 0 Å². The normalized spacial score (nSPS) is 10.8. The van der Waals surface area contributed by atoms with Gasteiger partial charge in [-0.15, -0.1) is 0 Å². The maximum Gasteiger partial charge on any atom is 0.269 e. The Morgan fingerprint density at radius 3 is 2.65 bits per heavy atom. The molecule has 3 rings (SSSR count). The number of carbonyl (C=O) groups excluding carboxylic acids is 3. The second-order valence-corrected chi connectivity index (χ2v) is 7.09. The van der Waals surface area contributed by atoms with Crippen molar-refractivity contribution < 1.29 is 14.4 Å². The number of para-hydroxylation sites is 1. The van der Waals surface area contributed by atoms with Crippen LogP contribution in [-0.4, -0.2) is 64.1 Å². The number of rotatable bonds is 9. The van der Waals surface area contributed by atoms with Crippen molar-refractivity contribution in [3.8, 4) is 0 Å². The highest BCUT2D eigenvalue weighted by molar-refractivity contribution is 6.29. The summed E-state index contributed by atoms with van der Waals surface area (Å²) in [5.74, 6) is -1.14. The van der Waals surface area contributed by atoms with Crippen LogP contribution >= 0.6 is 11.6 Å². The third kappa shape index (κ3) is 5.56. The molecule has 10 nitrogen and oxygen atoms in total. The number of benzene rings is 1. The number of aromatic nitrogens is 3. The van der Waals surface area contributed by atoms with Crippen LogP contribution < -0.4 is 16.4 Å². The third-order valence-corrected chi connectivity index (χ3v) is 4.69. The molecule has 3 aromatic rings. The summed E-state index contributed by atoms with van der Waals surface area (Å²) in [6.45, 7) is 0.450. The zero-order valence-corrected chi connectivity index (χ0v) is 17.6. The number of nitrogens with one attached hydrogen (secondary N) is 2. The number of nitrogens with two attached hydrogens (primary N) is 1. The standard InChI is InChI=1S/C20H22ClN7O3/c1-23-9-10-27(11-17(29)25-16-8-4-7-15(21)24-16)18(30)12-28-14-6-3-2-5-13(14)19(26-28)20(22)31/h2-8,23H,9-12H2,1H3,(H2,22,31)(H,24,25,29). The molecule has 0 fully saturated rings. The first-order valence-corrected chi connectivity index (χ1v) is 9.87. The maximum atomic E-state index is 13.0. The van der Waals surface area contributed by atoms with Crippen molar-refractivity contribution in [1.82, 2.24) is 25.0 Å². The number of fused-ring (bicyclic) bond motifs is 1. The maximum absolute atomic E-state index is 13.0. The van der Waals surface area contributed by atoms with E-state index in [0.717, 1.165) is 0 Å². The first kappa shape index (κ1) is 22.2. The van der Waals surface area contributed by atoms with Crippen molar-refractivity contribution in [2.24, 2.45) is 5.73 Å². The summed E-state index contributed by atoms with van der Waals surface area (Å²) in [6, 6.07) is 11.9. The van der Waals surface area contributed by atoms with Crippen molar-refractivity contribution in [2.45, 2.75) is 6.54 Å². The van der Waals surface area contributed by atoms with Crippen LogP contribution in [0.15, 0.2) is 42.5 Å². The van der Waals surface area contributed by atoms with E-state index in [2.05, 4.69) is 20.7 Å². The van der Waals surface area contributed by atoms with E-state index in [1.165, 1.54) is 9.58 Å². The second kappa shape index (κ2) is 10.0. The average Bonchev–Trinajstić information content (AvgIpc) is 3.10. The van der Waals surface area contributed by atoms with Gasteiger partial charge in [-0.3, -0.25) is 19.1 Å². The van der Waals surface area contributed by atoms with Crippen LogP contribution in [0.1, 0.15) is 10.5 Å². The molecule has 0 unspecified atom stereocenters. The Kier molecular flexibility index (Phi) is 7.16. The van der Waals surface area contributed by atoms with Crippen molar-refractivity contribution >= 4 is 46.0 Å². The highest BCUT2D eigenvalue weighted by Crippen LogP contribution is 2.18. The summed E-state index contributed by atoms with van der Waals surface area (Å²) in [6.07, 6.45) is 0. The van der Waals surface area contributed by atoms with Gasteiger partial charge < -0.3 is 21.3 Å². The molecule has 3 amide bonds. The Balaban J connectivity index is 1.76. The van der Waals surface area contributed by atoms with E-state index in [-0.39, 0.29) is 29.8 Å². The van der Waals surface area contributed by atoms with Gasteiger partial charge in [0.2, 0.25) is 11.8 Å². The Morgan fingerprint density at radius 2 is 1.94 bits per heavy atom. The number of pyridine rings is 1. The minimum absolute atomic E-state index is 0.0925. The van der Waals surface area contributed by atoms with Crippen molar-refractivity contribution in [3.63, 3.8) is 0 Å². The van der Waals surface area contributed by atoms with Gasteiger partial charge in [0.05, 0.1) is 5.52 Å². The molecule has 31 heavy (non-hydrogen) atoms. The van der Waals surface area contributed by atoms with Gasteiger partial charge >= 0.3 is 0 Å². The number of amides is 3. The summed E-state index contributed by atoms with van der Waals surface area (Å²) in [7, 11) is 1.75. The van der Waals surface area contributed by atoms with E-state index in [9.17, 15) is 14.4 Å². The first-order chi connectivity index (χ1) is 14.9. The Morgan fingerprint density at radius 1 is 1.16 bits per heavy atom. The number of primary amides is 1. The van der Waals surface area contributed by atoms with Crippen LogP contribution in [0.2, 0.25) is 5.15 Å². The molecule has 0 atom stereocenters. The molecule has 4 N–H and O–H groups in total. The van der Waals surface area contributed by atoms with Gasteiger partial charge in [-0.25, -0.2) is 4.98 Å². The largest absolute Gasteiger partial charge is 0.364 e. The lowest BCUT2D eigenvalue weighted by atomic mass is 10.2. The molecule has 2 heterocycles. The van der Waals surface area contributed by atoms with E-state index in [1.807, 2.05) is 0 Å². The van der Waals surface area contributed by atoms with Crippen LogP contribution in [0.5, 0.6) is 0 Å². The van der Waals surface area contributed by atoms with E-state index in [1.54, 1.807) is 49.5 Å². The Labute approximate surface area is 183 Å². The highest BCUT2D eigenvalue weighted by Gasteiger charge is 2.21. The molecule has 2 aromatic heterocycles. The van der Waals surface area contributed by atoms with E-state index < -0.39 is 11.8 Å². The minimum atomic E-state index is -0.678. The molecule has 0 saturated heterocycles. The fourth-order valence-corrected chi connectivity index (χ4v) is 3.19. The molecule has 0 aliphatic carbocycles. The lowest BCUT2D eigenvalue weighted by molar-refractivity contribution is -0.135. The molecule has 0 saturated carbocycles. The van der Waals surface area contributed by atoms with Crippen LogP contribution in [0.25, 0.3) is 10.9 Å².